The van der Waals surface area contributed by atoms with Crippen LogP contribution in [0.3, 0.4) is 0 Å². The van der Waals surface area contributed by atoms with Gasteiger partial charge in [0.05, 0.1) is 5.52 Å². The van der Waals surface area contributed by atoms with Crippen LogP contribution in [0.1, 0.15) is 0 Å². The van der Waals surface area contributed by atoms with Crippen molar-refractivity contribution in [1.29, 1.82) is 0 Å². The van der Waals surface area contributed by atoms with Crippen LogP contribution in [-0.2, 0) is 18.8 Å². The van der Waals surface area contributed by atoms with Crippen molar-refractivity contribution >= 4 is 20.3 Å². The van der Waals surface area contributed by atoms with Crippen LogP contribution in [-0.4, -0.2) is 4.98 Å². The molecule has 1 heterocycles. The van der Waals surface area contributed by atoms with Gasteiger partial charge in [-0.1, -0.05) is 48.5 Å². The molecule has 0 unspecified atom stereocenters. The summed E-state index contributed by atoms with van der Waals surface area (Å²) in [5, 5.41) is 1.20. The van der Waals surface area contributed by atoms with Gasteiger partial charge in [-0.25, -0.2) is 0 Å². The second kappa shape index (κ2) is 11.7. The van der Waals surface area contributed by atoms with Crippen LogP contribution in [0.25, 0.3) is 34.3 Å². The van der Waals surface area contributed by atoms with E-state index in [1.165, 1.54) is 16.5 Å². The molecule has 0 bridgehead atoms. The van der Waals surface area contributed by atoms with Crippen LogP contribution in [0.4, 0.5) is 0 Å². The van der Waals surface area contributed by atoms with Gasteiger partial charge in [-0.2, -0.15) is 0 Å². The number of aromatic nitrogens is 1. The Balaban J connectivity index is 0. The third kappa shape index (κ3) is 5.38. The second-order valence-corrected chi connectivity index (χ2v) is 3.74. The topological polar surface area (TPSA) is 79.9 Å². The normalized spacial score (nSPS) is 8.33. The largest absolute Gasteiger partial charge is 0.693 e. The van der Waals surface area contributed by atoms with Crippen molar-refractivity contribution in [2.24, 2.45) is 0 Å². The predicted molar refractivity (Wildman–Crippen MR) is 83.6 cm³/mol. The standard InChI is InChI=1S/C15H11N.2ClH.2H2N.Pt/c1-2-6-12(7-3-1)13-10-11-16-15-9-5-4-8-14(13)15;;;;;/h1-11H;2*1H;2*1H2;/q;;;2*-1;+1/p-2. The Kier molecular flexibility index (Phi) is 12.4. The maximum absolute atomic E-state index is 4.61. The number of rotatable bonds is 1. The van der Waals surface area contributed by atoms with Crippen LogP contribution in [0.15, 0.2) is 66.9 Å². The van der Waals surface area contributed by atoms with Crippen molar-refractivity contribution in [3.63, 3.8) is 0 Å². The van der Waals surface area contributed by atoms with Crippen LogP contribution in [0.5, 0.6) is 0 Å². The molecule has 0 amide bonds. The molecule has 6 heteroatoms. The summed E-state index contributed by atoms with van der Waals surface area (Å²) >= 11 is 1.61. The third-order valence-corrected chi connectivity index (χ3v) is 2.73. The fourth-order valence-corrected chi connectivity index (χ4v) is 1.97. The number of hydrogen-bond acceptors (Lipinski definition) is 1. The Morgan fingerprint density at radius 3 is 2.00 bits per heavy atom. The first-order chi connectivity index (χ1) is 8.95. The minimum atomic E-state index is 0. The molecular weight excluding hydrogens is 488 g/mol. The Bertz CT molecular complexity index is 631. The zero-order chi connectivity index (χ0) is 12.8. The molecule has 2 aromatic carbocycles. The number of nitrogens with zero attached hydrogens (tertiary/aromatic N) is 1. The number of benzene rings is 2. The van der Waals surface area contributed by atoms with Gasteiger partial charge in [0.1, 0.15) is 0 Å². The molecule has 4 N–H and O–H groups in total. The van der Waals surface area contributed by atoms with Gasteiger partial charge in [-0.15, -0.1) is 0 Å². The molecule has 0 aliphatic rings. The summed E-state index contributed by atoms with van der Waals surface area (Å²) in [5.41, 5.74) is 3.52. The Morgan fingerprint density at radius 2 is 1.33 bits per heavy atom. The predicted octanol–water partition coefficient (Wildman–Crippen LogP) is 3.03. The Labute approximate surface area is 146 Å². The van der Waals surface area contributed by atoms with Crippen molar-refractivity contribution in [1.82, 2.24) is 4.98 Å². The van der Waals surface area contributed by atoms with Gasteiger partial charge >= 0.3 is 28.2 Å². The van der Waals surface area contributed by atoms with Gasteiger partial charge in [0.25, 0.3) is 0 Å². The average Bonchev–Trinajstić information content (AvgIpc) is 2.50. The van der Waals surface area contributed by atoms with E-state index in [1.54, 1.807) is 18.8 Å². The Hall–Kier alpha value is -0.962. The number of para-hydroxylation sites is 1. The van der Waals surface area contributed by atoms with E-state index < -0.39 is 0 Å². The quantitative estimate of drug-likeness (QED) is 0.503. The summed E-state index contributed by atoms with van der Waals surface area (Å²) in [4.78, 5) is 4.37. The molecule has 0 atom stereocenters. The van der Waals surface area contributed by atoms with Crippen molar-refractivity contribution in [3.8, 4) is 11.1 Å². The maximum atomic E-state index is 4.61. The van der Waals surface area contributed by atoms with E-state index in [0.29, 0.717) is 0 Å². The van der Waals surface area contributed by atoms with Crippen molar-refractivity contribution < 1.29 is 31.2 Å². The number of nitrogens with two attached hydrogens (primary N) is 2. The van der Waals surface area contributed by atoms with Crippen molar-refractivity contribution in [2.45, 2.75) is 0 Å². The van der Waals surface area contributed by atoms with Crippen LogP contribution >= 0.6 is 9.42 Å². The van der Waals surface area contributed by atoms with Gasteiger partial charge in [0.15, 0.2) is 0 Å². The minimum Gasteiger partial charge on any atom is -0.693 e. The molecule has 1 aromatic heterocycles. The summed E-state index contributed by atoms with van der Waals surface area (Å²) < 4.78 is 0. The molecule has 21 heavy (non-hydrogen) atoms. The first kappa shape index (κ1) is 22.3. The molecule has 0 aliphatic heterocycles. The number of hydrogen-bond donors (Lipinski definition) is 0. The van der Waals surface area contributed by atoms with E-state index in [2.05, 4.69) is 56.9 Å². The number of halogens is 2. The van der Waals surface area contributed by atoms with E-state index in [9.17, 15) is 0 Å². The first-order valence-corrected chi connectivity index (χ1v) is 8.28. The summed E-state index contributed by atoms with van der Waals surface area (Å²) in [7, 11) is 4.61. The first-order valence-electron chi connectivity index (χ1n) is 5.46. The molecule has 0 fully saturated rings. The van der Waals surface area contributed by atoms with Gasteiger partial charge < -0.3 is 24.7 Å². The zero-order valence-electron chi connectivity index (χ0n) is 11.0. The monoisotopic (exact) mass is 502 g/mol. The molecule has 3 nitrogen and oxygen atoms in total. The molecule has 0 saturated carbocycles. The summed E-state index contributed by atoms with van der Waals surface area (Å²) in [6, 6.07) is 20.7. The third-order valence-electron chi connectivity index (χ3n) is 2.73. The molecule has 3 aromatic rings. The van der Waals surface area contributed by atoms with E-state index in [4.69, 9.17) is 0 Å². The molecule has 0 saturated heterocycles. The molecule has 0 spiro atoms. The van der Waals surface area contributed by atoms with Crippen LogP contribution < -0.4 is 12.4 Å². The Morgan fingerprint density at radius 1 is 0.762 bits per heavy atom. The summed E-state index contributed by atoms with van der Waals surface area (Å²) in [6.07, 6.45) is 1.87. The molecule has 0 radical (unpaired) electrons. The summed E-state index contributed by atoms with van der Waals surface area (Å²) in [5.74, 6) is 0. The minimum absolute atomic E-state index is 0. The fraction of sp³-hybridized carbons (Fsp3) is 0. The molecule has 3 rings (SSSR count). The zero-order valence-corrected chi connectivity index (χ0v) is 14.8. The fourth-order valence-electron chi connectivity index (χ4n) is 1.97. The van der Waals surface area contributed by atoms with Crippen molar-refractivity contribution in [3.05, 3.63) is 79.2 Å². The van der Waals surface area contributed by atoms with Crippen LogP contribution in [0.2, 0.25) is 0 Å². The van der Waals surface area contributed by atoms with Gasteiger partial charge in [-0.05, 0) is 23.3 Å². The summed E-state index contributed by atoms with van der Waals surface area (Å²) in [6.45, 7) is 0. The van der Waals surface area contributed by atoms with Gasteiger partial charge in [-0.3, -0.25) is 4.98 Å². The van der Waals surface area contributed by atoms with E-state index in [0.717, 1.165) is 5.52 Å². The van der Waals surface area contributed by atoms with Crippen LogP contribution in [0, 0.1) is 0 Å². The van der Waals surface area contributed by atoms with Crippen molar-refractivity contribution in [2.75, 3.05) is 0 Å². The second-order valence-electron chi connectivity index (χ2n) is 3.74. The molecule has 0 aliphatic carbocycles. The van der Waals surface area contributed by atoms with E-state index in [1.807, 2.05) is 24.4 Å². The van der Waals surface area contributed by atoms with E-state index >= 15 is 0 Å². The number of fused-ring (bicyclic) bond motifs is 1. The maximum Gasteiger partial charge on any atom is 0.0708 e. The average molecular weight is 503 g/mol. The van der Waals surface area contributed by atoms with Gasteiger partial charge in [0.2, 0.25) is 0 Å². The van der Waals surface area contributed by atoms with E-state index in [-0.39, 0.29) is 24.7 Å². The molecule has 117 valence electrons. The van der Waals surface area contributed by atoms with Gasteiger partial charge in [0, 0.05) is 11.6 Å². The SMILES string of the molecule is [Cl-].[Cl][Pt].[NH2-].[NH2-].c1ccc(-c2ccnc3ccccc23)cc1. The smallest absolute Gasteiger partial charge is 0.0708 e. The molecular formula is C15H15Cl2N3Pt-3. The number of pyridine rings is 1.